The highest BCUT2D eigenvalue weighted by Gasteiger charge is 2.22. The Balaban J connectivity index is 2.74. The first-order valence-electron chi connectivity index (χ1n) is 5.90. The summed E-state index contributed by atoms with van der Waals surface area (Å²) >= 11 is 2.95. The number of esters is 1. The van der Waals surface area contributed by atoms with E-state index in [9.17, 15) is 18.8 Å². The number of amides is 1. The molecule has 0 bridgehead atoms. The lowest BCUT2D eigenvalue weighted by atomic mass is 10.1. The largest absolute Gasteiger partial charge is 0.480 e. The predicted molar refractivity (Wildman–Crippen MR) is 74.2 cm³/mol. The number of hydrogen-bond acceptors (Lipinski definition) is 4. The summed E-state index contributed by atoms with van der Waals surface area (Å²) < 4.78 is 17.9. The minimum atomic E-state index is -1.29. The van der Waals surface area contributed by atoms with E-state index in [2.05, 4.69) is 26.0 Å². The van der Waals surface area contributed by atoms with Gasteiger partial charge in [-0.25, -0.2) is 9.18 Å². The van der Waals surface area contributed by atoms with Gasteiger partial charge in [-0.05, 0) is 40.5 Å². The lowest BCUT2D eigenvalue weighted by Gasteiger charge is -2.14. The van der Waals surface area contributed by atoms with Crippen LogP contribution in [-0.4, -0.2) is 36.1 Å². The van der Waals surface area contributed by atoms with Gasteiger partial charge in [0.05, 0.1) is 11.6 Å². The Bertz CT molecular complexity index is 563. The zero-order valence-electron chi connectivity index (χ0n) is 11.1. The minimum absolute atomic E-state index is 0.0139. The molecule has 1 rings (SSSR count). The van der Waals surface area contributed by atoms with Gasteiger partial charge in [0.1, 0.15) is 11.9 Å². The van der Waals surface area contributed by atoms with Crippen LogP contribution in [0.15, 0.2) is 22.7 Å². The number of carboxylic acids is 1. The van der Waals surface area contributed by atoms with E-state index in [1.807, 2.05) is 0 Å². The Morgan fingerprint density at radius 2 is 2.10 bits per heavy atom. The third kappa shape index (κ3) is 5.14. The molecular formula is C13H13BrFNO5. The van der Waals surface area contributed by atoms with Gasteiger partial charge in [0, 0.05) is 12.0 Å². The second-order valence-corrected chi connectivity index (χ2v) is 4.96. The monoisotopic (exact) mass is 361 g/mol. The van der Waals surface area contributed by atoms with Crippen molar-refractivity contribution in [2.45, 2.75) is 18.9 Å². The molecule has 8 heteroatoms. The summed E-state index contributed by atoms with van der Waals surface area (Å²) in [4.78, 5) is 33.9. The van der Waals surface area contributed by atoms with Gasteiger partial charge < -0.3 is 15.2 Å². The van der Waals surface area contributed by atoms with E-state index in [-0.39, 0.29) is 22.9 Å². The number of rotatable bonds is 6. The molecule has 0 aliphatic rings. The van der Waals surface area contributed by atoms with Crippen LogP contribution in [-0.2, 0) is 14.3 Å². The molecular weight excluding hydrogens is 349 g/mol. The number of carbonyl (C=O) groups excluding carboxylic acids is 2. The summed E-state index contributed by atoms with van der Waals surface area (Å²) in [6.45, 7) is 0. The SMILES string of the molecule is COC(=O)CC[C@H](NC(=O)c1ccc(Br)c(F)c1)C(=O)O. The highest BCUT2D eigenvalue weighted by molar-refractivity contribution is 9.10. The number of aliphatic carboxylic acids is 1. The van der Waals surface area contributed by atoms with Crippen LogP contribution in [0, 0.1) is 5.82 Å². The van der Waals surface area contributed by atoms with Crippen molar-refractivity contribution in [2.24, 2.45) is 0 Å². The number of halogens is 2. The van der Waals surface area contributed by atoms with Crippen molar-refractivity contribution >= 4 is 33.8 Å². The van der Waals surface area contributed by atoms with Crippen LogP contribution >= 0.6 is 15.9 Å². The molecule has 6 nitrogen and oxygen atoms in total. The topological polar surface area (TPSA) is 92.7 Å². The molecule has 114 valence electrons. The van der Waals surface area contributed by atoms with Crippen LogP contribution in [0.2, 0.25) is 0 Å². The van der Waals surface area contributed by atoms with Gasteiger partial charge in [-0.3, -0.25) is 9.59 Å². The van der Waals surface area contributed by atoms with Crippen LogP contribution in [0.4, 0.5) is 4.39 Å². The summed E-state index contributed by atoms with van der Waals surface area (Å²) in [6, 6.07) is 2.41. The number of nitrogens with one attached hydrogen (secondary N) is 1. The molecule has 2 N–H and O–H groups in total. The number of ether oxygens (including phenoxy) is 1. The van der Waals surface area contributed by atoms with Gasteiger partial charge in [0.15, 0.2) is 0 Å². The third-order valence-corrected chi connectivity index (χ3v) is 3.29. The molecule has 0 spiro atoms. The third-order valence-electron chi connectivity index (χ3n) is 2.65. The van der Waals surface area contributed by atoms with Crippen molar-refractivity contribution in [1.82, 2.24) is 5.32 Å². The molecule has 0 saturated heterocycles. The van der Waals surface area contributed by atoms with Crippen molar-refractivity contribution < 1.29 is 28.6 Å². The lowest BCUT2D eigenvalue weighted by molar-refractivity contribution is -0.142. The molecule has 0 fully saturated rings. The number of benzene rings is 1. The van der Waals surface area contributed by atoms with Crippen LogP contribution in [0.3, 0.4) is 0 Å². The maximum Gasteiger partial charge on any atom is 0.326 e. The maximum absolute atomic E-state index is 13.3. The number of hydrogen-bond donors (Lipinski definition) is 2. The minimum Gasteiger partial charge on any atom is -0.480 e. The van der Waals surface area contributed by atoms with E-state index in [0.717, 1.165) is 6.07 Å². The highest BCUT2D eigenvalue weighted by Crippen LogP contribution is 2.16. The molecule has 0 radical (unpaired) electrons. The fourth-order valence-electron chi connectivity index (χ4n) is 1.50. The van der Waals surface area contributed by atoms with Crippen molar-refractivity contribution in [3.63, 3.8) is 0 Å². The van der Waals surface area contributed by atoms with E-state index < -0.39 is 29.7 Å². The smallest absolute Gasteiger partial charge is 0.326 e. The molecule has 1 amide bonds. The average molecular weight is 362 g/mol. The quantitative estimate of drug-likeness (QED) is 0.752. The fraction of sp³-hybridized carbons (Fsp3) is 0.308. The van der Waals surface area contributed by atoms with E-state index >= 15 is 0 Å². The van der Waals surface area contributed by atoms with E-state index in [1.165, 1.54) is 19.2 Å². The molecule has 0 unspecified atom stereocenters. The Labute approximate surface area is 128 Å². The number of carboxylic acid groups (broad SMARTS) is 1. The van der Waals surface area contributed by atoms with E-state index in [4.69, 9.17) is 5.11 Å². The summed E-state index contributed by atoms with van der Waals surface area (Å²) in [6.07, 6.45) is -0.269. The zero-order valence-corrected chi connectivity index (χ0v) is 12.6. The standard InChI is InChI=1S/C13H13BrFNO5/c1-21-11(17)5-4-10(13(19)20)16-12(18)7-2-3-8(14)9(15)6-7/h2-3,6,10H,4-5H2,1H3,(H,16,18)(H,19,20)/t10-/m0/s1. The molecule has 0 aromatic heterocycles. The van der Waals surface area contributed by atoms with Gasteiger partial charge in [-0.15, -0.1) is 0 Å². The average Bonchev–Trinajstić information content (AvgIpc) is 2.45. The number of carbonyl (C=O) groups is 3. The van der Waals surface area contributed by atoms with Crippen molar-refractivity contribution in [3.05, 3.63) is 34.1 Å². The first-order chi connectivity index (χ1) is 9.85. The lowest BCUT2D eigenvalue weighted by Crippen LogP contribution is -2.41. The van der Waals surface area contributed by atoms with Gasteiger partial charge in [-0.2, -0.15) is 0 Å². The van der Waals surface area contributed by atoms with Crippen molar-refractivity contribution in [1.29, 1.82) is 0 Å². The first-order valence-corrected chi connectivity index (χ1v) is 6.70. The molecule has 0 aliphatic heterocycles. The Kier molecular flexibility index (Phi) is 6.29. The predicted octanol–water partition coefficient (Wildman–Crippen LogP) is 1.72. The van der Waals surface area contributed by atoms with Gasteiger partial charge in [0.25, 0.3) is 5.91 Å². The Morgan fingerprint density at radius 1 is 1.43 bits per heavy atom. The van der Waals surface area contributed by atoms with Crippen LogP contribution in [0.5, 0.6) is 0 Å². The second kappa shape index (κ2) is 7.72. The summed E-state index contributed by atoms with van der Waals surface area (Å²) in [5.74, 6) is -3.24. The van der Waals surface area contributed by atoms with Crippen LogP contribution in [0.1, 0.15) is 23.2 Å². The Morgan fingerprint density at radius 3 is 2.62 bits per heavy atom. The van der Waals surface area contributed by atoms with Crippen molar-refractivity contribution in [3.8, 4) is 0 Å². The summed E-state index contributed by atoms with van der Waals surface area (Å²) in [7, 11) is 1.18. The fourth-order valence-corrected chi connectivity index (χ4v) is 1.75. The Hall–Kier alpha value is -1.96. The zero-order chi connectivity index (χ0) is 16.0. The number of methoxy groups -OCH3 is 1. The molecule has 0 saturated carbocycles. The van der Waals surface area contributed by atoms with Gasteiger partial charge in [0.2, 0.25) is 0 Å². The molecule has 21 heavy (non-hydrogen) atoms. The van der Waals surface area contributed by atoms with Gasteiger partial charge >= 0.3 is 11.9 Å². The van der Waals surface area contributed by atoms with Gasteiger partial charge in [-0.1, -0.05) is 0 Å². The second-order valence-electron chi connectivity index (χ2n) is 4.11. The maximum atomic E-state index is 13.3. The summed E-state index contributed by atoms with van der Waals surface area (Å²) in [5, 5.41) is 11.2. The highest BCUT2D eigenvalue weighted by atomic mass is 79.9. The first kappa shape index (κ1) is 17.1. The van der Waals surface area contributed by atoms with Crippen LogP contribution < -0.4 is 5.32 Å². The summed E-state index contributed by atoms with van der Waals surface area (Å²) in [5.41, 5.74) is -0.0139. The van der Waals surface area contributed by atoms with E-state index in [1.54, 1.807) is 0 Å². The van der Waals surface area contributed by atoms with Crippen molar-refractivity contribution in [2.75, 3.05) is 7.11 Å². The molecule has 1 aromatic carbocycles. The molecule has 1 aromatic rings. The molecule has 1 atom stereocenters. The molecule has 0 aliphatic carbocycles. The van der Waals surface area contributed by atoms with E-state index in [0.29, 0.717) is 0 Å². The van der Waals surface area contributed by atoms with Crippen LogP contribution in [0.25, 0.3) is 0 Å². The normalized spacial score (nSPS) is 11.6. The molecule has 0 heterocycles.